The van der Waals surface area contributed by atoms with Gasteiger partial charge < -0.3 is 19.9 Å². The molecule has 1 atom stereocenters. The fourth-order valence-electron chi connectivity index (χ4n) is 5.40. The van der Waals surface area contributed by atoms with Crippen LogP contribution in [0.3, 0.4) is 0 Å². The second kappa shape index (κ2) is 8.76. The number of piperidine rings is 1. The molecule has 7 nitrogen and oxygen atoms in total. The molecule has 1 aromatic carbocycles. The fraction of sp³-hybridized carbons (Fsp3) is 0.615. The molecule has 3 fully saturated rings. The summed E-state index contributed by atoms with van der Waals surface area (Å²) in [6.07, 6.45) is 4.16. The van der Waals surface area contributed by atoms with Crippen molar-refractivity contribution >= 4 is 34.0 Å². The van der Waals surface area contributed by atoms with Crippen molar-refractivity contribution in [3.05, 3.63) is 23.9 Å². The zero-order chi connectivity index (χ0) is 23.2. The van der Waals surface area contributed by atoms with E-state index in [1.54, 1.807) is 0 Å². The van der Waals surface area contributed by atoms with E-state index < -0.39 is 0 Å². The number of H-pyrrole nitrogens is 1. The number of rotatable bonds is 6. The second-order valence-electron chi connectivity index (χ2n) is 10.9. The highest BCUT2D eigenvalue weighted by molar-refractivity contribution is 6.14. The Morgan fingerprint density at radius 2 is 2.06 bits per heavy atom. The van der Waals surface area contributed by atoms with Gasteiger partial charge in [-0.3, -0.25) is 14.5 Å². The predicted octanol–water partition coefficient (Wildman–Crippen LogP) is 4.05. The topological polar surface area (TPSA) is 77.7 Å². The smallest absolute Gasteiger partial charge is 0.238 e. The van der Waals surface area contributed by atoms with E-state index >= 15 is 0 Å². The molecule has 7 heteroatoms. The van der Waals surface area contributed by atoms with Crippen LogP contribution in [0.4, 0.5) is 11.4 Å². The third-order valence-corrected chi connectivity index (χ3v) is 7.29. The summed E-state index contributed by atoms with van der Waals surface area (Å²) in [5, 5.41) is 4.04. The molecule has 1 unspecified atom stereocenters. The Labute approximate surface area is 195 Å². The number of hydrogen-bond donors (Lipinski definition) is 2. The summed E-state index contributed by atoms with van der Waals surface area (Å²) in [5.74, 6) is 0.140. The molecule has 5 rings (SSSR count). The van der Waals surface area contributed by atoms with E-state index in [0.29, 0.717) is 31.1 Å². The van der Waals surface area contributed by atoms with Gasteiger partial charge in [-0.05, 0) is 62.8 Å². The SMILES string of the molecule is CC1COCCN1c1ccc2[nH]c(C(=O)C3CC3)c(NC(=O)CN3CCCC(C)(C)C3)c2c1. The minimum atomic E-state index is -0.0522. The standard InChI is InChI=1S/C26H36N4O3/c1-17-15-33-12-11-30(17)19-7-8-21-20(13-19)23(24(27-21)25(32)18-5-6-18)28-22(31)14-29-10-4-9-26(2,3)16-29/h7-8,13,17-18,27H,4-6,9-12,14-16H2,1-3H3,(H,28,31). The molecule has 33 heavy (non-hydrogen) atoms. The van der Waals surface area contributed by atoms with Gasteiger partial charge in [0.15, 0.2) is 5.78 Å². The molecule has 178 valence electrons. The van der Waals surface area contributed by atoms with E-state index in [1.165, 1.54) is 6.42 Å². The van der Waals surface area contributed by atoms with Crippen molar-refractivity contribution in [1.82, 2.24) is 9.88 Å². The minimum absolute atomic E-state index is 0.0522. The van der Waals surface area contributed by atoms with Gasteiger partial charge in [0.2, 0.25) is 5.91 Å². The molecule has 1 aromatic heterocycles. The van der Waals surface area contributed by atoms with Crippen molar-refractivity contribution in [2.45, 2.75) is 52.5 Å². The zero-order valence-corrected chi connectivity index (χ0v) is 20.1. The summed E-state index contributed by atoms with van der Waals surface area (Å²) in [6.45, 7) is 11.1. The lowest BCUT2D eigenvalue weighted by Gasteiger charge is -2.37. The van der Waals surface area contributed by atoms with Crippen molar-refractivity contribution in [2.24, 2.45) is 11.3 Å². The van der Waals surface area contributed by atoms with E-state index in [0.717, 1.165) is 55.5 Å². The van der Waals surface area contributed by atoms with E-state index in [9.17, 15) is 9.59 Å². The normalized spacial score (nSPS) is 23.6. The Hall–Kier alpha value is -2.38. The van der Waals surface area contributed by atoms with Gasteiger partial charge in [-0.2, -0.15) is 0 Å². The van der Waals surface area contributed by atoms with Crippen molar-refractivity contribution < 1.29 is 14.3 Å². The van der Waals surface area contributed by atoms with Crippen LogP contribution < -0.4 is 10.2 Å². The lowest BCUT2D eigenvalue weighted by molar-refractivity contribution is -0.118. The third-order valence-electron chi connectivity index (χ3n) is 7.29. The Morgan fingerprint density at radius 1 is 1.24 bits per heavy atom. The van der Waals surface area contributed by atoms with Crippen molar-refractivity contribution in [1.29, 1.82) is 0 Å². The van der Waals surface area contributed by atoms with Crippen LogP contribution in [0.25, 0.3) is 10.9 Å². The van der Waals surface area contributed by atoms with Crippen LogP contribution in [0, 0.1) is 11.3 Å². The molecule has 0 bridgehead atoms. The van der Waals surface area contributed by atoms with Crippen LogP contribution in [0.5, 0.6) is 0 Å². The van der Waals surface area contributed by atoms with Crippen LogP contribution in [0.2, 0.25) is 0 Å². The number of ketones is 1. The maximum absolute atomic E-state index is 13.1. The van der Waals surface area contributed by atoms with Gasteiger partial charge in [-0.25, -0.2) is 0 Å². The molecule has 2 aromatic rings. The van der Waals surface area contributed by atoms with Gasteiger partial charge in [0, 0.05) is 41.6 Å². The van der Waals surface area contributed by atoms with Crippen LogP contribution in [-0.4, -0.2) is 67.0 Å². The number of aromatic nitrogens is 1. The maximum Gasteiger partial charge on any atom is 0.238 e. The van der Waals surface area contributed by atoms with Gasteiger partial charge in [-0.15, -0.1) is 0 Å². The van der Waals surface area contributed by atoms with E-state index in [-0.39, 0.29) is 29.1 Å². The average molecular weight is 453 g/mol. The number of aromatic amines is 1. The number of Topliss-reactive ketones (excluding diaryl/α,β-unsaturated/α-hetero) is 1. The zero-order valence-electron chi connectivity index (χ0n) is 20.1. The monoisotopic (exact) mass is 452 g/mol. The molecule has 1 saturated carbocycles. The number of benzene rings is 1. The number of hydrogen-bond acceptors (Lipinski definition) is 5. The lowest BCUT2D eigenvalue weighted by Crippen LogP contribution is -2.43. The van der Waals surface area contributed by atoms with E-state index in [2.05, 4.69) is 53.0 Å². The number of carbonyl (C=O) groups excluding carboxylic acids is 2. The first-order valence-electron chi connectivity index (χ1n) is 12.4. The highest BCUT2D eigenvalue weighted by Gasteiger charge is 2.34. The summed E-state index contributed by atoms with van der Waals surface area (Å²) in [6, 6.07) is 6.51. The van der Waals surface area contributed by atoms with Crippen molar-refractivity contribution in [3.63, 3.8) is 0 Å². The van der Waals surface area contributed by atoms with Crippen LogP contribution in [-0.2, 0) is 9.53 Å². The first kappa shape index (κ1) is 22.4. The molecule has 1 aliphatic carbocycles. The summed E-state index contributed by atoms with van der Waals surface area (Å²) in [7, 11) is 0. The Kier molecular flexibility index (Phi) is 5.95. The average Bonchev–Trinajstić information content (AvgIpc) is 3.56. The molecular weight excluding hydrogens is 416 g/mol. The van der Waals surface area contributed by atoms with Crippen LogP contribution >= 0.6 is 0 Å². The number of morpholine rings is 1. The number of nitrogens with one attached hydrogen (secondary N) is 2. The third kappa shape index (κ3) is 4.80. The van der Waals surface area contributed by atoms with Crippen molar-refractivity contribution in [2.75, 3.05) is 49.6 Å². The molecule has 0 spiro atoms. The number of anilines is 2. The summed E-state index contributed by atoms with van der Waals surface area (Å²) in [4.78, 5) is 34.1. The molecule has 0 radical (unpaired) electrons. The Balaban J connectivity index is 1.44. The minimum Gasteiger partial charge on any atom is -0.377 e. The molecular formula is C26H36N4O3. The Bertz CT molecular complexity index is 1060. The summed E-state index contributed by atoms with van der Waals surface area (Å²) >= 11 is 0. The number of likely N-dealkylation sites (tertiary alicyclic amines) is 1. The van der Waals surface area contributed by atoms with Crippen LogP contribution in [0.1, 0.15) is 56.9 Å². The van der Waals surface area contributed by atoms with Gasteiger partial charge in [0.1, 0.15) is 5.69 Å². The first-order chi connectivity index (χ1) is 15.8. The number of ether oxygens (including phenoxy) is 1. The van der Waals surface area contributed by atoms with Gasteiger partial charge in [0.05, 0.1) is 25.4 Å². The molecule has 2 aliphatic heterocycles. The number of amides is 1. The highest BCUT2D eigenvalue weighted by atomic mass is 16.5. The summed E-state index contributed by atoms with van der Waals surface area (Å²) < 4.78 is 5.60. The molecule has 2 N–H and O–H groups in total. The second-order valence-corrected chi connectivity index (χ2v) is 10.9. The van der Waals surface area contributed by atoms with E-state index in [4.69, 9.17) is 4.74 Å². The van der Waals surface area contributed by atoms with Crippen molar-refractivity contribution in [3.8, 4) is 0 Å². The molecule has 3 heterocycles. The quantitative estimate of drug-likeness (QED) is 0.647. The lowest BCUT2D eigenvalue weighted by atomic mass is 9.84. The maximum atomic E-state index is 13.1. The van der Waals surface area contributed by atoms with Gasteiger partial charge in [0.25, 0.3) is 0 Å². The van der Waals surface area contributed by atoms with Crippen LogP contribution in [0.15, 0.2) is 18.2 Å². The van der Waals surface area contributed by atoms with Gasteiger partial charge >= 0.3 is 0 Å². The Morgan fingerprint density at radius 3 is 2.79 bits per heavy atom. The largest absolute Gasteiger partial charge is 0.377 e. The number of carbonyl (C=O) groups is 2. The fourth-order valence-corrected chi connectivity index (χ4v) is 5.40. The molecule has 3 aliphatic rings. The summed E-state index contributed by atoms with van der Waals surface area (Å²) in [5.41, 5.74) is 3.41. The van der Waals surface area contributed by atoms with Gasteiger partial charge in [-0.1, -0.05) is 13.8 Å². The molecule has 2 saturated heterocycles. The number of nitrogens with zero attached hydrogens (tertiary/aromatic N) is 2. The molecule has 1 amide bonds. The number of fused-ring (bicyclic) bond motifs is 1. The van der Waals surface area contributed by atoms with E-state index in [1.807, 2.05) is 6.07 Å². The first-order valence-corrected chi connectivity index (χ1v) is 12.4. The predicted molar refractivity (Wildman–Crippen MR) is 131 cm³/mol. The highest BCUT2D eigenvalue weighted by Crippen LogP contribution is 2.38.